The molecule has 1 unspecified atom stereocenters. The third-order valence-corrected chi connectivity index (χ3v) is 6.29. The van der Waals surface area contributed by atoms with E-state index < -0.39 is 0 Å². The molecule has 2 heterocycles. The van der Waals surface area contributed by atoms with Crippen LogP contribution in [0.2, 0.25) is 0 Å². The van der Waals surface area contributed by atoms with Crippen molar-refractivity contribution in [2.24, 2.45) is 0 Å². The van der Waals surface area contributed by atoms with E-state index >= 15 is 0 Å². The number of carbonyl (C=O) groups is 1. The summed E-state index contributed by atoms with van der Waals surface area (Å²) in [5.74, 6) is 1.60. The van der Waals surface area contributed by atoms with Gasteiger partial charge in [0.2, 0.25) is 5.91 Å². The minimum Gasteiger partial charge on any atom is -0.494 e. The standard InChI is InChI=1S/C19H23NO2S2/c1-3-17-16-10-12-23-18(16)9-11-20(17)19(21)13-24-15-7-5-14(6-8-15)22-4-2/h5-8,10,12,17H,3-4,9,11,13H2,1-2H3. The second-order valence-electron chi connectivity index (χ2n) is 5.75. The molecule has 24 heavy (non-hydrogen) atoms. The number of thiophene rings is 1. The molecular formula is C19H23NO2S2. The Balaban J connectivity index is 1.60. The molecule has 0 N–H and O–H groups in total. The summed E-state index contributed by atoms with van der Waals surface area (Å²) < 4.78 is 5.45. The fourth-order valence-electron chi connectivity index (χ4n) is 3.16. The van der Waals surface area contributed by atoms with Gasteiger partial charge in [0.1, 0.15) is 5.75 Å². The van der Waals surface area contributed by atoms with Gasteiger partial charge in [0.25, 0.3) is 0 Å². The van der Waals surface area contributed by atoms with Crippen LogP contribution in [-0.2, 0) is 11.2 Å². The molecule has 1 aliphatic rings. The number of amides is 1. The third kappa shape index (κ3) is 3.78. The van der Waals surface area contributed by atoms with E-state index in [1.54, 1.807) is 11.8 Å². The molecule has 0 saturated carbocycles. The van der Waals surface area contributed by atoms with Crippen LogP contribution in [0.3, 0.4) is 0 Å². The molecule has 3 rings (SSSR count). The van der Waals surface area contributed by atoms with Crippen molar-refractivity contribution in [3.05, 3.63) is 46.2 Å². The molecule has 1 amide bonds. The lowest BCUT2D eigenvalue weighted by Gasteiger charge is -2.35. The minimum atomic E-state index is 0.234. The highest BCUT2D eigenvalue weighted by Gasteiger charge is 2.29. The number of thioether (sulfide) groups is 1. The molecule has 2 aromatic rings. The van der Waals surface area contributed by atoms with Gasteiger partial charge in [-0.3, -0.25) is 4.79 Å². The number of hydrogen-bond acceptors (Lipinski definition) is 4. The van der Waals surface area contributed by atoms with E-state index in [1.165, 1.54) is 10.4 Å². The average Bonchev–Trinajstić information content (AvgIpc) is 3.09. The summed E-state index contributed by atoms with van der Waals surface area (Å²) in [7, 11) is 0. The molecule has 128 valence electrons. The summed E-state index contributed by atoms with van der Waals surface area (Å²) in [5.41, 5.74) is 1.35. The van der Waals surface area contributed by atoms with Crippen LogP contribution in [-0.4, -0.2) is 29.7 Å². The smallest absolute Gasteiger partial charge is 0.233 e. The van der Waals surface area contributed by atoms with Crippen molar-refractivity contribution in [3.63, 3.8) is 0 Å². The predicted octanol–water partition coefficient (Wildman–Crippen LogP) is 4.77. The number of benzene rings is 1. The molecule has 0 spiro atoms. The van der Waals surface area contributed by atoms with Crippen LogP contribution in [0.4, 0.5) is 0 Å². The van der Waals surface area contributed by atoms with Crippen molar-refractivity contribution in [2.75, 3.05) is 18.9 Å². The molecule has 1 aromatic carbocycles. The lowest BCUT2D eigenvalue weighted by Crippen LogP contribution is -2.40. The Morgan fingerprint density at radius 3 is 2.79 bits per heavy atom. The van der Waals surface area contributed by atoms with Gasteiger partial charge in [-0.25, -0.2) is 0 Å². The number of nitrogens with zero attached hydrogens (tertiary/aromatic N) is 1. The lowest BCUT2D eigenvalue weighted by molar-refractivity contribution is -0.131. The summed E-state index contributed by atoms with van der Waals surface area (Å²) in [6, 6.07) is 10.4. The van der Waals surface area contributed by atoms with Crippen LogP contribution < -0.4 is 4.74 Å². The Bertz CT molecular complexity index is 681. The van der Waals surface area contributed by atoms with Gasteiger partial charge in [-0.05, 0) is 61.0 Å². The molecule has 0 fully saturated rings. The van der Waals surface area contributed by atoms with Gasteiger partial charge in [-0.15, -0.1) is 23.1 Å². The lowest BCUT2D eigenvalue weighted by atomic mass is 9.98. The van der Waals surface area contributed by atoms with Gasteiger partial charge in [0.05, 0.1) is 18.4 Å². The molecule has 0 radical (unpaired) electrons. The van der Waals surface area contributed by atoms with Crippen molar-refractivity contribution in [2.45, 2.75) is 37.6 Å². The summed E-state index contributed by atoms with van der Waals surface area (Å²) in [4.78, 5) is 17.3. The topological polar surface area (TPSA) is 29.5 Å². The maximum absolute atomic E-state index is 12.7. The van der Waals surface area contributed by atoms with E-state index in [1.807, 2.05) is 42.5 Å². The second-order valence-corrected chi connectivity index (χ2v) is 7.80. The van der Waals surface area contributed by atoms with Crippen LogP contribution in [0.1, 0.15) is 36.8 Å². The minimum absolute atomic E-state index is 0.234. The highest BCUT2D eigenvalue weighted by molar-refractivity contribution is 8.00. The van der Waals surface area contributed by atoms with Crippen LogP contribution >= 0.6 is 23.1 Å². The zero-order chi connectivity index (χ0) is 16.9. The van der Waals surface area contributed by atoms with Gasteiger partial charge in [-0.1, -0.05) is 6.92 Å². The van der Waals surface area contributed by atoms with Crippen LogP contribution in [0, 0.1) is 0 Å². The molecule has 1 atom stereocenters. The third-order valence-electron chi connectivity index (χ3n) is 4.30. The maximum atomic E-state index is 12.7. The Hall–Kier alpha value is -1.46. The summed E-state index contributed by atoms with van der Waals surface area (Å²) in [6.45, 7) is 5.65. The zero-order valence-corrected chi connectivity index (χ0v) is 15.8. The van der Waals surface area contributed by atoms with E-state index in [0.717, 1.165) is 30.0 Å². The average molecular weight is 362 g/mol. The van der Waals surface area contributed by atoms with Crippen LogP contribution in [0.15, 0.2) is 40.6 Å². The molecule has 0 saturated heterocycles. The molecule has 3 nitrogen and oxygen atoms in total. The van der Waals surface area contributed by atoms with Gasteiger partial charge < -0.3 is 9.64 Å². The first-order valence-corrected chi connectivity index (χ1v) is 10.3. The van der Waals surface area contributed by atoms with Gasteiger partial charge in [0.15, 0.2) is 0 Å². The normalized spacial score (nSPS) is 16.8. The van der Waals surface area contributed by atoms with E-state index in [9.17, 15) is 4.79 Å². The Morgan fingerprint density at radius 2 is 2.08 bits per heavy atom. The van der Waals surface area contributed by atoms with Crippen molar-refractivity contribution in [3.8, 4) is 5.75 Å². The van der Waals surface area contributed by atoms with E-state index in [-0.39, 0.29) is 11.9 Å². The first-order chi connectivity index (χ1) is 11.7. The zero-order valence-electron chi connectivity index (χ0n) is 14.2. The Labute approximate surface area is 152 Å². The van der Waals surface area contributed by atoms with Gasteiger partial charge in [0, 0.05) is 16.3 Å². The van der Waals surface area contributed by atoms with E-state index in [4.69, 9.17) is 4.74 Å². The maximum Gasteiger partial charge on any atom is 0.233 e. The first kappa shape index (κ1) is 17.4. The molecule has 0 bridgehead atoms. The van der Waals surface area contributed by atoms with Gasteiger partial charge >= 0.3 is 0 Å². The fraction of sp³-hybridized carbons (Fsp3) is 0.421. The monoisotopic (exact) mass is 361 g/mol. The largest absolute Gasteiger partial charge is 0.494 e. The second kappa shape index (κ2) is 8.08. The number of hydrogen-bond donors (Lipinski definition) is 0. The number of rotatable bonds is 6. The molecule has 5 heteroatoms. The van der Waals surface area contributed by atoms with Crippen molar-refractivity contribution in [1.29, 1.82) is 0 Å². The van der Waals surface area contributed by atoms with E-state index in [2.05, 4.69) is 23.3 Å². The van der Waals surface area contributed by atoms with E-state index in [0.29, 0.717) is 12.4 Å². The van der Waals surface area contributed by atoms with Crippen molar-refractivity contribution >= 4 is 29.0 Å². The molecule has 0 aliphatic carbocycles. The highest BCUT2D eigenvalue weighted by atomic mass is 32.2. The number of carbonyl (C=O) groups excluding carboxylic acids is 1. The molecule has 1 aromatic heterocycles. The predicted molar refractivity (Wildman–Crippen MR) is 101 cm³/mol. The highest BCUT2D eigenvalue weighted by Crippen LogP contribution is 2.35. The summed E-state index contributed by atoms with van der Waals surface area (Å²) >= 11 is 3.42. The first-order valence-electron chi connectivity index (χ1n) is 8.44. The van der Waals surface area contributed by atoms with Crippen LogP contribution in [0.5, 0.6) is 5.75 Å². The SMILES string of the molecule is CCOc1ccc(SCC(=O)N2CCc3sccc3C2CC)cc1. The number of fused-ring (bicyclic) bond motifs is 1. The molecular weight excluding hydrogens is 338 g/mol. The summed E-state index contributed by atoms with van der Waals surface area (Å²) in [5, 5.41) is 2.15. The van der Waals surface area contributed by atoms with Gasteiger partial charge in [-0.2, -0.15) is 0 Å². The number of ether oxygens (including phenoxy) is 1. The fourth-order valence-corrected chi connectivity index (χ4v) is 4.87. The van der Waals surface area contributed by atoms with Crippen LogP contribution in [0.25, 0.3) is 0 Å². The van der Waals surface area contributed by atoms with Crippen molar-refractivity contribution < 1.29 is 9.53 Å². The Morgan fingerprint density at radius 1 is 1.29 bits per heavy atom. The Kier molecular flexibility index (Phi) is 5.85. The van der Waals surface area contributed by atoms with Crippen molar-refractivity contribution in [1.82, 2.24) is 4.90 Å². The molecule has 1 aliphatic heterocycles. The summed E-state index contributed by atoms with van der Waals surface area (Å²) in [6.07, 6.45) is 1.96. The quantitative estimate of drug-likeness (QED) is 0.694.